The van der Waals surface area contributed by atoms with Gasteiger partial charge in [0.25, 0.3) is 0 Å². The first-order valence-corrected chi connectivity index (χ1v) is 7.45. The first-order valence-electron chi connectivity index (χ1n) is 7.45. The predicted molar refractivity (Wildman–Crippen MR) is 79.8 cm³/mol. The number of hydrogen-bond donors (Lipinski definition) is 0. The van der Waals surface area contributed by atoms with Gasteiger partial charge in [0, 0.05) is 26.3 Å². The van der Waals surface area contributed by atoms with E-state index in [1.807, 2.05) is 31.9 Å². The Bertz CT molecular complexity index is 643. The van der Waals surface area contributed by atoms with Crippen molar-refractivity contribution in [3.8, 4) is 0 Å². The molecule has 0 aliphatic heterocycles. The van der Waals surface area contributed by atoms with Crippen LogP contribution in [0.2, 0.25) is 0 Å². The zero-order valence-corrected chi connectivity index (χ0v) is 13.7. The van der Waals surface area contributed by atoms with Gasteiger partial charge in [0.15, 0.2) is 5.69 Å². The molecule has 0 N–H and O–H groups in total. The Morgan fingerprint density at radius 3 is 2.52 bits per heavy atom. The van der Waals surface area contributed by atoms with Gasteiger partial charge < -0.3 is 4.90 Å². The summed E-state index contributed by atoms with van der Waals surface area (Å²) in [5.41, 5.74) is -0.113. The smallest absolute Gasteiger partial charge is 0.363 e. The van der Waals surface area contributed by atoms with Crippen LogP contribution in [-0.2, 0) is 26.3 Å². The molecule has 0 amide bonds. The Kier molecular flexibility index (Phi) is 4.96. The van der Waals surface area contributed by atoms with E-state index in [0.29, 0.717) is 13.1 Å². The number of hydrogen-bond acceptors (Lipinski definition) is 4. The van der Waals surface area contributed by atoms with Gasteiger partial charge in [-0.3, -0.25) is 4.68 Å². The number of halogens is 3. The first-order chi connectivity index (χ1) is 10.7. The highest BCUT2D eigenvalue weighted by molar-refractivity contribution is 5.43. The normalized spacial score (nSPS) is 12.2. The standard InChI is InChI=1S/C14H21F3N6/c1-5-23-8-11(6-18-23)22(7-10(2)3)9-12-13(14(15,16)17)21(4)20-19-12/h6,8,10H,5,7,9H2,1-4H3. The molecule has 2 aromatic heterocycles. The summed E-state index contributed by atoms with van der Waals surface area (Å²) in [7, 11) is 1.25. The van der Waals surface area contributed by atoms with E-state index in [1.54, 1.807) is 10.9 Å². The Morgan fingerprint density at radius 2 is 2.00 bits per heavy atom. The second-order valence-corrected chi connectivity index (χ2v) is 5.83. The molecule has 6 nitrogen and oxygen atoms in total. The van der Waals surface area contributed by atoms with Crippen molar-refractivity contribution in [2.24, 2.45) is 13.0 Å². The lowest BCUT2D eigenvalue weighted by molar-refractivity contribution is -0.144. The highest BCUT2D eigenvalue weighted by Gasteiger charge is 2.38. The van der Waals surface area contributed by atoms with Gasteiger partial charge in [0.05, 0.1) is 18.4 Å². The van der Waals surface area contributed by atoms with Crippen molar-refractivity contribution < 1.29 is 13.2 Å². The van der Waals surface area contributed by atoms with Crippen LogP contribution >= 0.6 is 0 Å². The molecule has 0 aliphatic rings. The fourth-order valence-electron chi connectivity index (χ4n) is 2.43. The number of aryl methyl sites for hydroxylation is 2. The molecule has 0 saturated heterocycles. The second-order valence-electron chi connectivity index (χ2n) is 5.83. The van der Waals surface area contributed by atoms with Crippen LogP contribution in [0.3, 0.4) is 0 Å². The maximum atomic E-state index is 13.2. The number of anilines is 1. The van der Waals surface area contributed by atoms with Crippen LogP contribution in [-0.4, -0.2) is 31.3 Å². The van der Waals surface area contributed by atoms with E-state index in [4.69, 9.17) is 0 Å². The Balaban J connectivity index is 2.32. The first kappa shape index (κ1) is 17.3. The van der Waals surface area contributed by atoms with Gasteiger partial charge in [0.2, 0.25) is 0 Å². The fraction of sp³-hybridized carbons (Fsp3) is 0.643. The third-order valence-electron chi connectivity index (χ3n) is 3.40. The number of aromatic nitrogens is 5. The van der Waals surface area contributed by atoms with Gasteiger partial charge in [-0.05, 0) is 12.8 Å². The van der Waals surface area contributed by atoms with Crippen molar-refractivity contribution in [2.45, 2.75) is 40.0 Å². The average molecular weight is 330 g/mol. The van der Waals surface area contributed by atoms with Crippen molar-refractivity contribution in [2.75, 3.05) is 11.4 Å². The van der Waals surface area contributed by atoms with Crippen molar-refractivity contribution in [1.29, 1.82) is 0 Å². The lowest BCUT2D eigenvalue weighted by Crippen LogP contribution is -2.28. The van der Waals surface area contributed by atoms with Gasteiger partial charge in [-0.2, -0.15) is 18.3 Å². The zero-order valence-electron chi connectivity index (χ0n) is 13.7. The minimum atomic E-state index is -4.48. The van der Waals surface area contributed by atoms with Crippen LogP contribution in [0.5, 0.6) is 0 Å². The van der Waals surface area contributed by atoms with Crippen LogP contribution in [0.25, 0.3) is 0 Å². The molecule has 0 aliphatic carbocycles. The Labute approximate surface area is 132 Å². The molecule has 2 rings (SSSR count). The third kappa shape index (κ3) is 4.02. The van der Waals surface area contributed by atoms with Crippen molar-refractivity contribution in [3.63, 3.8) is 0 Å². The van der Waals surface area contributed by atoms with Crippen LogP contribution in [0, 0.1) is 5.92 Å². The van der Waals surface area contributed by atoms with E-state index in [1.165, 1.54) is 7.05 Å². The van der Waals surface area contributed by atoms with Crippen LogP contribution < -0.4 is 4.90 Å². The van der Waals surface area contributed by atoms with E-state index in [-0.39, 0.29) is 18.2 Å². The minimum absolute atomic E-state index is 0.0380. The largest absolute Gasteiger partial charge is 0.434 e. The molecule has 9 heteroatoms. The lowest BCUT2D eigenvalue weighted by atomic mass is 10.2. The number of nitrogens with zero attached hydrogens (tertiary/aromatic N) is 6. The van der Waals surface area contributed by atoms with E-state index >= 15 is 0 Å². The molecule has 0 fully saturated rings. The van der Waals surface area contributed by atoms with Crippen LogP contribution in [0.4, 0.5) is 18.9 Å². The highest BCUT2D eigenvalue weighted by Crippen LogP contribution is 2.31. The van der Waals surface area contributed by atoms with Gasteiger partial charge in [-0.1, -0.05) is 19.1 Å². The Hall–Kier alpha value is -2.06. The Morgan fingerprint density at radius 1 is 1.30 bits per heavy atom. The molecule has 0 bridgehead atoms. The van der Waals surface area contributed by atoms with Crippen LogP contribution in [0.15, 0.2) is 12.4 Å². The summed E-state index contributed by atoms with van der Waals surface area (Å²) in [4.78, 5) is 1.85. The van der Waals surface area contributed by atoms with E-state index in [2.05, 4.69) is 15.4 Å². The molecule has 23 heavy (non-hydrogen) atoms. The van der Waals surface area contributed by atoms with Crippen molar-refractivity contribution in [1.82, 2.24) is 24.8 Å². The molecule has 0 aromatic carbocycles. The quantitative estimate of drug-likeness (QED) is 0.817. The lowest BCUT2D eigenvalue weighted by Gasteiger charge is -2.24. The van der Waals surface area contributed by atoms with E-state index in [0.717, 1.165) is 10.4 Å². The van der Waals surface area contributed by atoms with Gasteiger partial charge >= 0.3 is 6.18 Å². The summed E-state index contributed by atoms with van der Waals surface area (Å²) in [5.74, 6) is 0.283. The summed E-state index contributed by atoms with van der Waals surface area (Å²) in [6.45, 7) is 7.32. The molecule has 2 aromatic rings. The van der Waals surface area contributed by atoms with Gasteiger partial charge in [0.1, 0.15) is 5.69 Å². The highest BCUT2D eigenvalue weighted by atomic mass is 19.4. The summed E-state index contributed by atoms with van der Waals surface area (Å²) >= 11 is 0. The molecule has 0 spiro atoms. The molecule has 0 unspecified atom stereocenters. The summed E-state index contributed by atoms with van der Waals surface area (Å²) in [6, 6.07) is 0. The van der Waals surface area contributed by atoms with Gasteiger partial charge in [-0.15, -0.1) is 5.10 Å². The van der Waals surface area contributed by atoms with Gasteiger partial charge in [-0.25, -0.2) is 4.68 Å². The topological polar surface area (TPSA) is 51.8 Å². The molecule has 0 saturated carbocycles. The average Bonchev–Trinajstić information content (AvgIpc) is 3.03. The number of rotatable bonds is 6. The maximum Gasteiger partial charge on any atom is 0.434 e. The molecule has 0 radical (unpaired) electrons. The monoisotopic (exact) mass is 330 g/mol. The molecular weight excluding hydrogens is 309 g/mol. The molecule has 0 atom stereocenters. The molecule has 128 valence electrons. The predicted octanol–water partition coefficient (Wildman–Crippen LogP) is 2.71. The molecular formula is C14H21F3N6. The third-order valence-corrected chi connectivity index (χ3v) is 3.40. The number of alkyl halides is 3. The fourth-order valence-corrected chi connectivity index (χ4v) is 2.43. The summed E-state index contributed by atoms with van der Waals surface area (Å²) in [5, 5.41) is 11.4. The van der Waals surface area contributed by atoms with E-state index in [9.17, 15) is 13.2 Å². The van der Waals surface area contributed by atoms with Crippen LogP contribution in [0.1, 0.15) is 32.2 Å². The van der Waals surface area contributed by atoms with Crippen molar-refractivity contribution in [3.05, 3.63) is 23.8 Å². The van der Waals surface area contributed by atoms with Crippen molar-refractivity contribution >= 4 is 5.69 Å². The maximum absolute atomic E-state index is 13.2. The minimum Gasteiger partial charge on any atom is -0.363 e. The summed E-state index contributed by atoms with van der Waals surface area (Å²) in [6.07, 6.45) is -0.994. The second kappa shape index (κ2) is 6.59. The van der Waals surface area contributed by atoms with E-state index < -0.39 is 11.9 Å². The summed E-state index contributed by atoms with van der Waals surface area (Å²) < 4.78 is 42.1. The zero-order chi connectivity index (χ0) is 17.2. The SMILES string of the molecule is CCn1cc(N(Cc2nnn(C)c2C(F)(F)F)CC(C)C)cn1. The molecule has 2 heterocycles.